The van der Waals surface area contributed by atoms with Gasteiger partial charge in [0.05, 0.1) is 15.7 Å². The molecule has 0 aromatic heterocycles. The molecule has 1 aliphatic heterocycles. The maximum Gasteiger partial charge on any atom is 0.347 e. The van der Waals surface area contributed by atoms with Crippen molar-refractivity contribution in [1.29, 1.82) is 0 Å². The van der Waals surface area contributed by atoms with Crippen LogP contribution in [0.25, 0.3) is 0 Å². The number of likely N-dealkylation sites (tertiary alicyclic amines) is 1. The Balaban J connectivity index is 2.12. The molecule has 0 saturated carbocycles. The van der Waals surface area contributed by atoms with Gasteiger partial charge in [0, 0.05) is 20.0 Å². The molecule has 2 amide bonds. The SMILES string of the molecule is CN1CCC/C1=N\C(=O)Nc1c(Cl)cccc1Cl. The number of hydrogen-bond acceptors (Lipinski definition) is 1. The Morgan fingerprint density at radius 2 is 2.06 bits per heavy atom. The molecular weight excluding hydrogens is 273 g/mol. The van der Waals surface area contributed by atoms with E-state index in [9.17, 15) is 4.79 Å². The Morgan fingerprint density at radius 3 is 2.61 bits per heavy atom. The van der Waals surface area contributed by atoms with Crippen LogP contribution in [0.1, 0.15) is 12.8 Å². The van der Waals surface area contributed by atoms with E-state index < -0.39 is 6.03 Å². The van der Waals surface area contributed by atoms with E-state index in [1.165, 1.54) is 0 Å². The molecule has 2 rings (SSSR count). The van der Waals surface area contributed by atoms with Crippen molar-refractivity contribution in [3.63, 3.8) is 0 Å². The highest BCUT2D eigenvalue weighted by atomic mass is 35.5. The fraction of sp³-hybridized carbons (Fsp3) is 0.333. The van der Waals surface area contributed by atoms with Gasteiger partial charge in [-0.15, -0.1) is 0 Å². The molecule has 1 aromatic carbocycles. The monoisotopic (exact) mass is 285 g/mol. The number of anilines is 1. The smallest absolute Gasteiger partial charge is 0.347 e. The number of amides is 2. The van der Waals surface area contributed by atoms with Crippen molar-refractivity contribution in [2.75, 3.05) is 18.9 Å². The molecule has 0 aliphatic carbocycles. The van der Waals surface area contributed by atoms with Crippen LogP contribution in [0.5, 0.6) is 0 Å². The molecule has 96 valence electrons. The van der Waals surface area contributed by atoms with E-state index in [0.717, 1.165) is 25.2 Å². The number of halogens is 2. The first-order valence-electron chi connectivity index (χ1n) is 5.61. The number of hydrogen-bond donors (Lipinski definition) is 1. The number of urea groups is 1. The number of carbonyl (C=O) groups is 1. The van der Waals surface area contributed by atoms with Crippen molar-refractivity contribution in [1.82, 2.24) is 4.90 Å². The Labute approximate surface area is 116 Å². The Morgan fingerprint density at radius 1 is 1.39 bits per heavy atom. The van der Waals surface area contributed by atoms with Gasteiger partial charge >= 0.3 is 6.03 Å². The second kappa shape index (κ2) is 5.59. The highest BCUT2D eigenvalue weighted by Crippen LogP contribution is 2.29. The molecule has 1 aliphatic rings. The van der Waals surface area contributed by atoms with Crippen LogP contribution in [-0.2, 0) is 0 Å². The van der Waals surface area contributed by atoms with E-state index in [1.54, 1.807) is 18.2 Å². The number of para-hydroxylation sites is 1. The van der Waals surface area contributed by atoms with Crippen LogP contribution in [0.2, 0.25) is 10.0 Å². The Kier molecular flexibility index (Phi) is 4.09. The topological polar surface area (TPSA) is 44.7 Å². The van der Waals surface area contributed by atoms with Crippen molar-refractivity contribution < 1.29 is 4.79 Å². The average Bonchev–Trinajstić information content (AvgIpc) is 2.70. The van der Waals surface area contributed by atoms with E-state index in [0.29, 0.717) is 15.7 Å². The highest BCUT2D eigenvalue weighted by Gasteiger charge is 2.16. The van der Waals surface area contributed by atoms with E-state index in [-0.39, 0.29) is 0 Å². The Bertz CT molecular complexity index is 482. The summed E-state index contributed by atoms with van der Waals surface area (Å²) in [4.78, 5) is 17.8. The number of benzene rings is 1. The van der Waals surface area contributed by atoms with Crippen molar-refractivity contribution in [3.05, 3.63) is 28.2 Å². The molecule has 1 N–H and O–H groups in total. The van der Waals surface area contributed by atoms with Gasteiger partial charge in [0.25, 0.3) is 0 Å². The lowest BCUT2D eigenvalue weighted by atomic mass is 10.3. The molecule has 0 radical (unpaired) electrons. The van der Waals surface area contributed by atoms with Gasteiger partial charge in [0.15, 0.2) is 0 Å². The molecule has 1 heterocycles. The summed E-state index contributed by atoms with van der Waals surface area (Å²) in [5, 5.41) is 3.41. The van der Waals surface area contributed by atoms with Gasteiger partial charge in [-0.3, -0.25) is 0 Å². The van der Waals surface area contributed by atoms with Gasteiger partial charge in [-0.1, -0.05) is 29.3 Å². The van der Waals surface area contributed by atoms with Crippen molar-refractivity contribution in [2.24, 2.45) is 4.99 Å². The molecule has 0 bridgehead atoms. The first-order valence-corrected chi connectivity index (χ1v) is 6.37. The van der Waals surface area contributed by atoms with Gasteiger partial charge in [-0.25, -0.2) is 4.79 Å². The van der Waals surface area contributed by atoms with Crippen LogP contribution in [0, 0.1) is 0 Å². The summed E-state index contributed by atoms with van der Waals surface area (Å²) in [6, 6.07) is 4.60. The number of nitrogens with one attached hydrogen (secondary N) is 1. The molecule has 0 unspecified atom stereocenters. The van der Waals surface area contributed by atoms with Crippen LogP contribution in [-0.4, -0.2) is 30.4 Å². The minimum Gasteiger partial charge on any atom is -0.363 e. The standard InChI is InChI=1S/C12H13Cl2N3O/c1-17-7-3-6-10(17)15-12(18)16-11-8(13)4-2-5-9(11)14/h2,4-5H,3,6-7H2,1H3,(H,16,18)/b15-10+. The van der Waals surface area contributed by atoms with E-state index in [4.69, 9.17) is 23.2 Å². The molecule has 4 nitrogen and oxygen atoms in total. The summed E-state index contributed by atoms with van der Waals surface area (Å²) < 4.78 is 0. The van der Waals surface area contributed by atoms with Gasteiger partial charge in [-0.05, 0) is 18.6 Å². The summed E-state index contributed by atoms with van der Waals surface area (Å²) >= 11 is 11.9. The molecule has 1 aromatic rings. The summed E-state index contributed by atoms with van der Waals surface area (Å²) in [7, 11) is 1.92. The zero-order valence-electron chi connectivity index (χ0n) is 9.91. The van der Waals surface area contributed by atoms with Crippen molar-refractivity contribution in [2.45, 2.75) is 12.8 Å². The van der Waals surface area contributed by atoms with Crippen LogP contribution in [0.4, 0.5) is 10.5 Å². The maximum absolute atomic E-state index is 11.8. The summed E-state index contributed by atoms with van der Waals surface area (Å²) in [5.74, 6) is 0.788. The largest absolute Gasteiger partial charge is 0.363 e. The van der Waals surface area contributed by atoms with Crippen LogP contribution in [0.3, 0.4) is 0 Å². The normalized spacial score (nSPS) is 17.3. The summed E-state index contributed by atoms with van der Waals surface area (Å²) in [6.07, 6.45) is 1.84. The van der Waals surface area contributed by atoms with Crippen LogP contribution >= 0.6 is 23.2 Å². The maximum atomic E-state index is 11.8. The van der Waals surface area contributed by atoms with Gasteiger partial charge in [0.2, 0.25) is 0 Å². The molecule has 1 saturated heterocycles. The molecule has 1 fully saturated rings. The third-order valence-electron chi connectivity index (χ3n) is 2.76. The van der Waals surface area contributed by atoms with Gasteiger partial charge in [-0.2, -0.15) is 4.99 Å². The van der Waals surface area contributed by atoms with Crippen molar-refractivity contribution >= 4 is 40.8 Å². The minimum absolute atomic E-state index is 0.399. The van der Waals surface area contributed by atoms with Gasteiger partial charge in [0.1, 0.15) is 5.84 Å². The quantitative estimate of drug-likeness (QED) is 0.856. The number of nitrogens with zero attached hydrogens (tertiary/aromatic N) is 2. The lowest BCUT2D eigenvalue weighted by molar-refractivity contribution is 0.259. The molecule has 0 atom stereocenters. The van der Waals surface area contributed by atoms with E-state index >= 15 is 0 Å². The van der Waals surface area contributed by atoms with Crippen molar-refractivity contribution in [3.8, 4) is 0 Å². The van der Waals surface area contributed by atoms with E-state index in [1.807, 2.05) is 11.9 Å². The lowest BCUT2D eigenvalue weighted by Crippen LogP contribution is -2.21. The molecule has 0 spiro atoms. The predicted molar refractivity (Wildman–Crippen MR) is 74.8 cm³/mol. The first-order chi connectivity index (χ1) is 8.58. The zero-order valence-corrected chi connectivity index (χ0v) is 11.4. The fourth-order valence-electron chi connectivity index (χ4n) is 1.80. The third kappa shape index (κ3) is 2.94. The number of aliphatic imine (C=N–C) groups is 1. The molecular formula is C12H13Cl2N3O. The van der Waals surface area contributed by atoms with Gasteiger partial charge < -0.3 is 10.2 Å². The summed E-state index contributed by atoms with van der Waals surface area (Å²) in [6.45, 7) is 0.930. The number of carbonyl (C=O) groups excluding carboxylic acids is 1. The second-order valence-corrected chi connectivity index (χ2v) is 4.89. The Hall–Kier alpha value is -1.26. The zero-order chi connectivity index (χ0) is 13.1. The number of amidine groups is 1. The van der Waals surface area contributed by atoms with Crippen LogP contribution < -0.4 is 5.32 Å². The first kappa shape index (κ1) is 13.2. The molecule has 6 heteroatoms. The lowest BCUT2D eigenvalue weighted by Gasteiger charge is -2.11. The highest BCUT2D eigenvalue weighted by molar-refractivity contribution is 6.39. The second-order valence-electron chi connectivity index (χ2n) is 4.08. The molecule has 18 heavy (non-hydrogen) atoms. The minimum atomic E-state index is -0.450. The van der Waals surface area contributed by atoms with Crippen LogP contribution in [0.15, 0.2) is 23.2 Å². The number of rotatable bonds is 1. The third-order valence-corrected chi connectivity index (χ3v) is 3.39. The predicted octanol–water partition coefficient (Wildman–Crippen LogP) is 3.65. The fourth-order valence-corrected chi connectivity index (χ4v) is 2.30. The van der Waals surface area contributed by atoms with E-state index in [2.05, 4.69) is 10.3 Å². The average molecular weight is 286 g/mol. The summed E-state index contributed by atoms with van der Waals surface area (Å²) in [5.41, 5.74) is 0.399.